The first-order valence-electron chi connectivity index (χ1n) is 7.39. The summed E-state index contributed by atoms with van der Waals surface area (Å²) in [7, 11) is 0. The summed E-state index contributed by atoms with van der Waals surface area (Å²) in [5, 5.41) is 12.5. The molecule has 0 heterocycles. The molecule has 2 aromatic carbocycles. The lowest BCUT2D eigenvalue weighted by molar-refractivity contribution is -0.123. The molecule has 7 heteroatoms. The van der Waals surface area contributed by atoms with E-state index in [9.17, 15) is 19.5 Å². The zero-order valence-corrected chi connectivity index (χ0v) is 14.3. The van der Waals surface area contributed by atoms with Crippen LogP contribution in [0.2, 0.25) is 5.02 Å². The van der Waals surface area contributed by atoms with Gasteiger partial charge in [0.1, 0.15) is 11.3 Å². The second kappa shape index (κ2) is 7.81. The highest BCUT2D eigenvalue weighted by molar-refractivity contribution is 6.31. The van der Waals surface area contributed by atoms with Gasteiger partial charge >= 0.3 is 5.97 Å². The number of hydrogen-bond donors (Lipinski definition) is 2. The second-order valence-electron chi connectivity index (χ2n) is 5.34. The van der Waals surface area contributed by atoms with E-state index in [-0.39, 0.29) is 22.1 Å². The average molecular weight is 362 g/mol. The van der Waals surface area contributed by atoms with Crippen LogP contribution in [0.15, 0.2) is 42.5 Å². The molecule has 0 saturated heterocycles. The third kappa shape index (κ3) is 4.81. The number of anilines is 1. The smallest absolute Gasteiger partial charge is 0.342 e. The molecule has 130 valence electrons. The number of carbonyl (C=O) groups excluding carboxylic acids is 3. The van der Waals surface area contributed by atoms with Gasteiger partial charge in [0.15, 0.2) is 11.9 Å². The van der Waals surface area contributed by atoms with Crippen LogP contribution in [0.25, 0.3) is 0 Å². The molecule has 2 N–H and O–H groups in total. The SMILES string of the molecule is CC(=O)c1cccc(NC(=O)[C@@H](C)OC(=O)c2cc(Cl)ccc2O)c1. The summed E-state index contributed by atoms with van der Waals surface area (Å²) >= 11 is 5.78. The van der Waals surface area contributed by atoms with E-state index < -0.39 is 18.0 Å². The molecule has 0 bridgehead atoms. The van der Waals surface area contributed by atoms with Crippen LogP contribution in [0.5, 0.6) is 5.75 Å². The molecule has 0 aliphatic carbocycles. The number of Topliss-reactive ketones (excluding diaryl/α,β-unsaturated/α-hetero) is 1. The zero-order valence-electron chi connectivity index (χ0n) is 13.6. The number of ether oxygens (including phenoxy) is 1. The van der Waals surface area contributed by atoms with Crippen molar-refractivity contribution in [2.75, 3.05) is 5.32 Å². The van der Waals surface area contributed by atoms with Crippen LogP contribution in [-0.4, -0.2) is 28.9 Å². The third-order valence-corrected chi connectivity index (χ3v) is 3.60. The van der Waals surface area contributed by atoms with Gasteiger partial charge in [0, 0.05) is 16.3 Å². The minimum atomic E-state index is -1.12. The largest absolute Gasteiger partial charge is 0.507 e. The van der Waals surface area contributed by atoms with Gasteiger partial charge in [0.2, 0.25) is 0 Å². The first kappa shape index (κ1) is 18.5. The number of halogens is 1. The van der Waals surface area contributed by atoms with Gasteiger partial charge in [-0.3, -0.25) is 9.59 Å². The number of hydrogen-bond acceptors (Lipinski definition) is 5. The van der Waals surface area contributed by atoms with Crippen molar-refractivity contribution in [3.05, 3.63) is 58.6 Å². The van der Waals surface area contributed by atoms with Crippen LogP contribution in [0.1, 0.15) is 34.6 Å². The molecule has 0 aliphatic heterocycles. The van der Waals surface area contributed by atoms with Crippen molar-refractivity contribution in [1.29, 1.82) is 0 Å². The monoisotopic (exact) mass is 361 g/mol. The molecule has 0 saturated carbocycles. The molecule has 1 atom stereocenters. The van der Waals surface area contributed by atoms with Crippen molar-refractivity contribution >= 4 is 34.9 Å². The number of rotatable bonds is 5. The van der Waals surface area contributed by atoms with Crippen LogP contribution in [0.3, 0.4) is 0 Å². The summed E-state index contributed by atoms with van der Waals surface area (Å²) in [6.45, 7) is 2.81. The Bertz CT molecular complexity index is 834. The van der Waals surface area contributed by atoms with Gasteiger partial charge in [-0.2, -0.15) is 0 Å². The normalized spacial score (nSPS) is 11.5. The van der Waals surface area contributed by atoms with E-state index in [4.69, 9.17) is 16.3 Å². The fourth-order valence-electron chi connectivity index (χ4n) is 2.01. The van der Waals surface area contributed by atoms with Gasteiger partial charge in [-0.15, -0.1) is 0 Å². The Hall–Kier alpha value is -2.86. The van der Waals surface area contributed by atoms with Gasteiger partial charge in [0.05, 0.1) is 0 Å². The lowest BCUT2D eigenvalue weighted by Gasteiger charge is -2.14. The Morgan fingerprint density at radius 3 is 2.56 bits per heavy atom. The van der Waals surface area contributed by atoms with Crippen LogP contribution >= 0.6 is 11.6 Å². The molecule has 1 amide bonds. The van der Waals surface area contributed by atoms with Crippen molar-refractivity contribution in [3.8, 4) is 5.75 Å². The Morgan fingerprint density at radius 2 is 1.88 bits per heavy atom. The maximum absolute atomic E-state index is 12.2. The quantitative estimate of drug-likeness (QED) is 0.628. The van der Waals surface area contributed by atoms with Crippen molar-refractivity contribution in [3.63, 3.8) is 0 Å². The Morgan fingerprint density at radius 1 is 1.16 bits per heavy atom. The van der Waals surface area contributed by atoms with E-state index in [0.717, 1.165) is 0 Å². The van der Waals surface area contributed by atoms with Crippen LogP contribution in [-0.2, 0) is 9.53 Å². The number of benzene rings is 2. The maximum atomic E-state index is 12.2. The molecule has 0 fully saturated rings. The number of esters is 1. The molecule has 2 aromatic rings. The number of nitrogens with one attached hydrogen (secondary N) is 1. The molecule has 2 rings (SSSR count). The van der Waals surface area contributed by atoms with Gasteiger partial charge in [-0.1, -0.05) is 23.7 Å². The van der Waals surface area contributed by atoms with Crippen molar-refractivity contribution in [2.45, 2.75) is 20.0 Å². The van der Waals surface area contributed by atoms with Crippen molar-refractivity contribution < 1.29 is 24.2 Å². The standard InChI is InChI=1S/C18H16ClNO5/c1-10(21)12-4-3-5-14(8-12)20-17(23)11(2)25-18(24)15-9-13(19)6-7-16(15)22/h3-9,11,22H,1-2H3,(H,20,23)/t11-/m1/s1. The Kier molecular flexibility index (Phi) is 5.77. The van der Waals surface area contributed by atoms with Crippen molar-refractivity contribution in [2.24, 2.45) is 0 Å². The molecule has 0 radical (unpaired) electrons. The van der Waals surface area contributed by atoms with E-state index in [2.05, 4.69) is 5.32 Å². The van der Waals surface area contributed by atoms with E-state index in [1.54, 1.807) is 18.2 Å². The van der Waals surface area contributed by atoms with Gasteiger partial charge in [-0.05, 0) is 44.2 Å². The lowest BCUT2D eigenvalue weighted by atomic mass is 10.1. The topological polar surface area (TPSA) is 92.7 Å². The predicted octanol–water partition coefficient (Wildman–Crippen LogP) is 3.43. The molecule has 0 unspecified atom stereocenters. The number of aromatic hydroxyl groups is 1. The van der Waals surface area contributed by atoms with E-state index in [0.29, 0.717) is 11.3 Å². The highest BCUT2D eigenvalue weighted by atomic mass is 35.5. The molecule has 0 spiro atoms. The summed E-state index contributed by atoms with van der Waals surface area (Å²) < 4.78 is 5.05. The number of carbonyl (C=O) groups is 3. The summed E-state index contributed by atoms with van der Waals surface area (Å²) in [6, 6.07) is 10.3. The summed E-state index contributed by atoms with van der Waals surface area (Å²) in [5.74, 6) is -1.88. The lowest BCUT2D eigenvalue weighted by Crippen LogP contribution is -2.30. The predicted molar refractivity (Wildman–Crippen MR) is 93.1 cm³/mol. The zero-order chi connectivity index (χ0) is 18.6. The van der Waals surface area contributed by atoms with E-state index in [1.807, 2.05) is 0 Å². The number of phenols is 1. The summed E-state index contributed by atoms with van der Waals surface area (Å²) in [6.07, 6.45) is -1.12. The number of ketones is 1. The molecular formula is C18H16ClNO5. The maximum Gasteiger partial charge on any atom is 0.342 e. The van der Waals surface area contributed by atoms with Gasteiger partial charge in [0.25, 0.3) is 5.91 Å². The van der Waals surface area contributed by atoms with Gasteiger partial charge < -0.3 is 15.2 Å². The van der Waals surface area contributed by atoms with E-state index in [1.165, 1.54) is 38.1 Å². The molecule has 25 heavy (non-hydrogen) atoms. The first-order chi connectivity index (χ1) is 11.8. The van der Waals surface area contributed by atoms with Crippen LogP contribution < -0.4 is 5.32 Å². The van der Waals surface area contributed by atoms with Crippen LogP contribution in [0.4, 0.5) is 5.69 Å². The fraction of sp³-hybridized carbons (Fsp3) is 0.167. The minimum absolute atomic E-state index is 0.132. The third-order valence-electron chi connectivity index (χ3n) is 3.37. The summed E-state index contributed by atoms with van der Waals surface area (Å²) in [5.41, 5.74) is 0.725. The van der Waals surface area contributed by atoms with Crippen molar-refractivity contribution in [1.82, 2.24) is 0 Å². The second-order valence-corrected chi connectivity index (χ2v) is 5.77. The van der Waals surface area contributed by atoms with Crippen LogP contribution in [0, 0.1) is 0 Å². The highest BCUT2D eigenvalue weighted by Gasteiger charge is 2.21. The summed E-state index contributed by atoms with van der Waals surface area (Å²) in [4.78, 5) is 35.6. The molecule has 0 aromatic heterocycles. The average Bonchev–Trinajstić information content (AvgIpc) is 2.57. The molecule has 6 nitrogen and oxygen atoms in total. The number of phenolic OH excluding ortho intramolecular Hbond substituents is 1. The first-order valence-corrected chi connectivity index (χ1v) is 7.77. The van der Waals surface area contributed by atoms with Gasteiger partial charge in [-0.25, -0.2) is 4.79 Å². The molecular weight excluding hydrogens is 346 g/mol. The highest BCUT2D eigenvalue weighted by Crippen LogP contribution is 2.22. The Balaban J connectivity index is 2.05. The molecule has 0 aliphatic rings. The van der Waals surface area contributed by atoms with E-state index >= 15 is 0 Å². The minimum Gasteiger partial charge on any atom is -0.507 e. The Labute approximate surface area is 149 Å². The fourth-order valence-corrected chi connectivity index (χ4v) is 2.18. The number of amides is 1.